The number of carbonyl (C=O) groups excluding carboxylic acids is 2. The van der Waals surface area contributed by atoms with Crippen molar-refractivity contribution in [2.75, 3.05) is 0 Å². The predicted octanol–water partition coefficient (Wildman–Crippen LogP) is 0.791. The summed E-state index contributed by atoms with van der Waals surface area (Å²) in [7, 11) is 0. The molecule has 18 heavy (non-hydrogen) atoms. The third-order valence-electron chi connectivity index (χ3n) is 3.47. The summed E-state index contributed by atoms with van der Waals surface area (Å²) in [4.78, 5) is 35.5. The number of carboxylic acid groups (broad SMARTS) is 1. The number of hydrogen-bond acceptors (Lipinski definition) is 4. The van der Waals surface area contributed by atoms with Crippen molar-refractivity contribution < 1.29 is 23.9 Å². The van der Waals surface area contributed by atoms with Crippen LogP contribution in [0, 0.1) is 18.8 Å². The molecule has 1 aromatic heterocycles. The minimum atomic E-state index is -1.08. The summed E-state index contributed by atoms with van der Waals surface area (Å²) in [5.41, 5.74) is 0.0641. The second-order valence-electron chi connectivity index (χ2n) is 4.70. The highest BCUT2D eigenvalue weighted by Gasteiger charge is 2.58. The number of likely N-dealkylation sites (tertiary alicyclic amines) is 1. The Kier molecular flexibility index (Phi) is 2.10. The molecule has 3 rings (SSSR count). The molecule has 1 saturated heterocycles. The van der Waals surface area contributed by atoms with E-state index in [0.717, 1.165) is 4.90 Å². The molecule has 0 bridgehead atoms. The number of nitrogens with zero attached hydrogens (tertiary/aromatic N) is 1. The van der Waals surface area contributed by atoms with Gasteiger partial charge in [-0.2, -0.15) is 0 Å². The number of carboxylic acids is 1. The Balaban J connectivity index is 1.81. The van der Waals surface area contributed by atoms with E-state index in [1.807, 2.05) is 0 Å². The SMILES string of the molecule is Cc1oc(CN2C(=O)C3CC3C2=O)cc1C(=O)O. The average Bonchev–Trinajstić information content (AvgIpc) is 2.96. The Morgan fingerprint density at radius 3 is 2.56 bits per heavy atom. The number of aromatic carboxylic acids is 1. The van der Waals surface area contributed by atoms with E-state index in [2.05, 4.69) is 0 Å². The van der Waals surface area contributed by atoms with Gasteiger partial charge >= 0.3 is 5.97 Å². The Labute approximate surface area is 102 Å². The molecule has 94 valence electrons. The molecule has 6 nitrogen and oxygen atoms in total. The summed E-state index contributed by atoms with van der Waals surface area (Å²) >= 11 is 0. The van der Waals surface area contributed by atoms with Gasteiger partial charge in [0.2, 0.25) is 11.8 Å². The molecule has 2 unspecified atom stereocenters. The van der Waals surface area contributed by atoms with Gasteiger partial charge in [0.05, 0.1) is 18.4 Å². The quantitative estimate of drug-likeness (QED) is 0.800. The van der Waals surface area contributed by atoms with Gasteiger partial charge in [-0.25, -0.2) is 4.79 Å². The number of furan rings is 1. The van der Waals surface area contributed by atoms with Crippen LogP contribution in [0.5, 0.6) is 0 Å². The summed E-state index contributed by atoms with van der Waals surface area (Å²) in [6, 6.07) is 1.36. The van der Waals surface area contributed by atoms with Crippen molar-refractivity contribution >= 4 is 17.8 Å². The van der Waals surface area contributed by atoms with E-state index in [1.165, 1.54) is 13.0 Å². The molecular formula is C12H11NO5. The van der Waals surface area contributed by atoms with Gasteiger partial charge < -0.3 is 9.52 Å². The molecule has 2 aliphatic rings. The normalized spacial score (nSPS) is 25.5. The van der Waals surface area contributed by atoms with Crippen molar-refractivity contribution in [1.29, 1.82) is 0 Å². The van der Waals surface area contributed by atoms with E-state index < -0.39 is 5.97 Å². The third-order valence-corrected chi connectivity index (χ3v) is 3.47. The van der Waals surface area contributed by atoms with Crippen molar-refractivity contribution in [2.45, 2.75) is 19.9 Å². The Bertz CT molecular complexity index is 553. The van der Waals surface area contributed by atoms with Gasteiger partial charge in [-0.3, -0.25) is 14.5 Å². The van der Waals surface area contributed by atoms with Crippen LogP contribution in [-0.4, -0.2) is 27.8 Å². The number of carbonyl (C=O) groups is 3. The minimum Gasteiger partial charge on any atom is -0.478 e. The summed E-state index contributed by atoms with van der Waals surface area (Å²) in [6.45, 7) is 1.57. The molecule has 1 aliphatic carbocycles. The first-order valence-electron chi connectivity index (χ1n) is 5.67. The molecule has 2 heterocycles. The van der Waals surface area contributed by atoms with E-state index in [1.54, 1.807) is 0 Å². The highest BCUT2D eigenvalue weighted by Crippen LogP contribution is 2.47. The molecule has 6 heteroatoms. The van der Waals surface area contributed by atoms with Gasteiger partial charge in [0.25, 0.3) is 0 Å². The van der Waals surface area contributed by atoms with Gasteiger partial charge in [-0.1, -0.05) is 0 Å². The minimum absolute atomic E-state index is 0.0266. The zero-order valence-electron chi connectivity index (χ0n) is 9.67. The van der Waals surface area contributed by atoms with E-state index in [4.69, 9.17) is 9.52 Å². The van der Waals surface area contributed by atoms with Crippen LogP contribution in [0.15, 0.2) is 10.5 Å². The van der Waals surface area contributed by atoms with Crippen LogP contribution in [-0.2, 0) is 16.1 Å². The Hall–Kier alpha value is -2.11. The lowest BCUT2D eigenvalue weighted by Gasteiger charge is -2.14. The number of fused-ring (bicyclic) bond motifs is 1. The summed E-state index contributed by atoms with van der Waals surface area (Å²) in [5.74, 6) is -1.11. The standard InChI is InChI=1S/C12H11NO5/c1-5-7(12(16)17)2-6(18-5)4-13-10(14)8-3-9(8)11(13)15/h2,8-9H,3-4H2,1H3,(H,16,17). The molecule has 0 spiro atoms. The van der Waals surface area contributed by atoms with E-state index in [0.29, 0.717) is 12.2 Å². The van der Waals surface area contributed by atoms with Crippen molar-refractivity contribution in [3.8, 4) is 0 Å². The van der Waals surface area contributed by atoms with Crippen LogP contribution >= 0.6 is 0 Å². The fourth-order valence-electron chi connectivity index (χ4n) is 2.40. The predicted molar refractivity (Wildman–Crippen MR) is 57.6 cm³/mol. The second kappa shape index (κ2) is 3.44. The number of aryl methyl sites for hydroxylation is 1. The third kappa shape index (κ3) is 1.45. The van der Waals surface area contributed by atoms with Crippen LogP contribution < -0.4 is 0 Å². The zero-order chi connectivity index (χ0) is 13.0. The van der Waals surface area contributed by atoms with Crippen molar-refractivity contribution in [3.05, 3.63) is 23.2 Å². The van der Waals surface area contributed by atoms with Crippen molar-refractivity contribution in [1.82, 2.24) is 4.90 Å². The molecule has 2 amide bonds. The fourth-order valence-corrected chi connectivity index (χ4v) is 2.40. The number of piperidine rings is 1. The molecular weight excluding hydrogens is 238 g/mol. The van der Waals surface area contributed by atoms with E-state index in [9.17, 15) is 14.4 Å². The van der Waals surface area contributed by atoms with Crippen LogP contribution in [0.2, 0.25) is 0 Å². The number of amides is 2. The van der Waals surface area contributed by atoms with Crippen LogP contribution in [0.3, 0.4) is 0 Å². The Morgan fingerprint density at radius 1 is 1.44 bits per heavy atom. The molecule has 2 fully saturated rings. The maximum atomic E-state index is 11.7. The highest BCUT2D eigenvalue weighted by atomic mass is 16.4. The monoisotopic (exact) mass is 249 g/mol. The number of imide groups is 1. The van der Waals surface area contributed by atoms with Gasteiger partial charge in [-0.15, -0.1) is 0 Å². The van der Waals surface area contributed by atoms with Crippen molar-refractivity contribution in [3.63, 3.8) is 0 Å². The first-order valence-corrected chi connectivity index (χ1v) is 5.67. The van der Waals surface area contributed by atoms with Crippen LogP contribution in [0.1, 0.15) is 28.3 Å². The van der Waals surface area contributed by atoms with Gasteiger partial charge in [0.15, 0.2) is 0 Å². The summed E-state index contributed by atoms with van der Waals surface area (Å²) in [6.07, 6.45) is 0.658. The molecule has 1 N–H and O–H groups in total. The lowest BCUT2D eigenvalue weighted by atomic mass is 10.2. The van der Waals surface area contributed by atoms with Crippen LogP contribution in [0.25, 0.3) is 0 Å². The Morgan fingerprint density at radius 2 is 2.06 bits per heavy atom. The fraction of sp³-hybridized carbons (Fsp3) is 0.417. The first kappa shape index (κ1) is 11.0. The first-order chi connectivity index (χ1) is 8.49. The molecule has 0 aromatic carbocycles. The maximum Gasteiger partial charge on any atom is 0.339 e. The summed E-state index contributed by atoms with van der Waals surface area (Å²) in [5, 5.41) is 8.89. The summed E-state index contributed by atoms with van der Waals surface area (Å²) < 4.78 is 5.26. The zero-order valence-corrected chi connectivity index (χ0v) is 9.67. The smallest absolute Gasteiger partial charge is 0.339 e. The molecule has 2 atom stereocenters. The maximum absolute atomic E-state index is 11.7. The lowest BCUT2D eigenvalue weighted by molar-refractivity contribution is -0.142. The molecule has 1 aliphatic heterocycles. The second-order valence-corrected chi connectivity index (χ2v) is 4.70. The number of rotatable bonds is 3. The highest BCUT2D eigenvalue weighted by molar-refractivity contribution is 6.08. The average molecular weight is 249 g/mol. The largest absolute Gasteiger partial charge is 0.478 e. The topological polar surface area (TPSA) is 87.8 Å². The lowest BCUT2D eigenvalue weighted by Crippen LogP contribution is -2.32. The molecule has 0 radical (unpaired) electrons. The van der Waals surface area contributed by atoms with Gasteiger partial charge in [0.1, 0.15) is 17.1 Å². The number of hydrogen-bond donors (Lipinski definition) is 1. The van der Waals surface area contributed by atoms with E-state index >= 15 is 0 Å². The van der Waals surface area contributed by atoms with Gasteiger partial charge in [0, 0.05) is 0 Å². The van der Waals surface area contributed by atoms with Crippen molar-refractivity contribution in [2.24, 2.45) is 11.8 Å². The van der Waals surface area contributed by atoms with E-state index in [-0.39, 0.29) is 41.5 Å². The molecule has 1 aromatic rings. The van der Waals surface area contributed by atoms with Crippen LogP contribution in [0.4, 0.5) is 0 Å². The molecule has 1 saturated carbocycles. The van der Waals surface area contributed by atoms with Gasteiger partial charge in [-0.05, 0) is 19.4 Å².